The molecule has 1 atom stereocenters. The normalized spacial score (nSPS) is 12.3. The number of aromatic nitrogens is 2. The van der Waals surface area contributed by atoms with Crippen molar-refractivity contribution in [1.82, 2.24) is 14.7 Å². The molecule has 1 aromatic heterocycles. The van der Waals surface area contributed by atoms with Gasteiger partial charge in [0.15, 0.2) is 5.82 Å². The van der Waals surface area contributed by atoms with Crippen molar-refractivity contribution in [1.29, 1.82) is 0 Å². The van der Waals surface area contributed by atoms with Crippen LogP contribution in [0.1, 0.15) is 26.5 Å². The monoisotopic (exact) mass is 334 g/mol. The molecule has 0 fully saturated rings. The molecular weight excluding hydrogens is 311 g/mol. The highest BCUT2D eigenvalue weighted by Crippen LogP contribution is 2.16. The molecule has 1 unspecified atom stereocenters. The third-order valence-corrected chi connectivity index (χ3v) is 3.54. The molecule has 0 saturated carbocycles. The van der Waals surface area contributed by atoms with Crippen LogP contribution in [0.5, 0.6) is 0 Å². The quantitative estimate of drug-likeness (QED) is 0.883. The summed E-state index contributed by atoms with van der Waals surface area (Å²) >= 11 is 0. The number of halogens is 1. The van der Waals surface area contributed by atoms with Crippen molar-refractivity contribution < 1.29 is 14.3 Å². The van der Waals surface area contributed by atoms with E-state index < -0.39 is 6.10 Å². The SMILES string of the molecule is Cc1cc(NC(=O)N(CC(C)O)C(C)C)nn1-c1ccc(F)cc1. The van der Waals surface area contributed by atoms with Crippen molar-refractivity contribution in [2.75, 3.05) is 11.9 Å². The Kier molecular flexibility index (Phi) is 5.56. The number of aryl methyl sites for hydroxylation is 1. The second-order valence-electron chi connectivity index (χ2n) is 6.08. The predicted octanol–water partition coefficient (Wildman–Crippen LogP) is 2.94. The minimum atomic E-state index is -0.614. The van der Waals surface area contributed by atoms with Crippen LogP contribution in [0.15, 0.2) is 30.3 Å². The van der Waals surface area contributed by atoms with E-state index in [-0.39, 0.29) is 24.4 Å². The van der Waals surface area contributed by atoms with Crippen molar-refractivity contribution in [3.8, 4) is 5.69 Å². The Labute approximate surface area is 140 Å². The lowest BCUT2D eigenvalue weighted by Gasteiger charge is -2.27. The van der Waals surface area contributed by atoms with Crippen molar-refractivity contribution >= 4 is 11.8 Å². The van der Waals surface area contributed by atoms with Crippen LogP contribution in [0.3, 0.4) is 0 Å². The number of aliphatic hydroxyl groups excluding tert-OH is 1. The van der Waals surface area contributed by atoms with Gasteiger partial charge in [-0.25, -0.2) is 13.9 Å². The number of aliphatic hydroxyl groups is 1. The second kappa shape index (κ2) is 7.44. The fourth-order valence-electron chi connectivity index (χ4n) is 2.37. The Morgan fingerprint density at radius 3 is 2.50 bits per heavy atom. The van der Waals surface area contributed by atoms with E-state index >= 15 is 0 Å². The maximum atomic E-state index is 13.0. The Morgan fingerprint density at radius 1 is 1.33 bits per heavy atom. The van der Waals surface area contributed by atoms with Gasteiger partial charge in [0.2, 0.25) is 0 Å². The number of urea groups is 1. The summed E-state index contributed by atoms with van der Waals surface area (Å²) in [5.41, 5.74) is 1.52. The van der Waals surface area contributed by atoms with Crippen LogP contribution >= 0.6 is 0 Å². The maximum absolute atomic E-state index is 13.0. The number of anilines is 1. The van der Waals surface area contributed by atoms with Gasteiger partial charge < -0.3 is 10.0 Å². The highest BCUT2D eigenvalue weighted by Gasteiger charge is 2.20. The lowest BCUT2D eigenvalue weighted by molar-refractivity contribution is 0.125. The lowest BCUT2D eigenvalue weighted by Crippen LogP contribution is -2.43. The molecule has 0 aliphatic carbocycles. The number of nitrogens with one attached hydrogen (secondary N) is 1. The number of benzene rings is 1. The summed E-state index contributed by atoms with van der Waals surface area (Å²) in [6.07, 6.45) is -0.614. The van der Waals surface area contributed by atoms with E-state index in [0.717, 1.165) is 5.69 Å². The Hall–Kier alpha value is -2.41. The first-order chi connectivity index (χ1) is 11.3. The number of hydrogen-bond acceptors (Lipinski definition) is 3. The number of carbonyl (C=O) groups excluding carboxylic acids is 1. The minimum Gasteiger partial charge on any atom is -0.392 e. The molecule has 1 aromatic carbocycles. The molecule has 7 heteroatoms. The van der Waals surface area contributed by atoms with E-state index in [9.17, 15) is 14.3 Å². The molecule has 2 rings (SSSR count). The average molecular weight is 334 g/mol. The van der Waals surface area contributed by atoms with Gasteiger partial charge in [0, 0.05) is 24.3 Å². The second-order valence-corrected chi connectivity index (χ2v) is 6.08. The first kappa shape index (κ1) is 17.9. The summed E-state index contributed by atoms with van der Waals surface area (Å²) in [4.78, 5) is 13.9. The number of rotatable bonds is 5. The standard InChI is InChI=1S/C17H23FN4O2/c1-11(2)21(10-13(4)23)17(24)19-16-9-12(3)22(20-16)15-7-5-14(18)6-8-15/h5-9,11,13,23H,10H2,1-4H3,(H,19,20,24). The summed E-state index contributed by atoms with van der Waals surface area (Å²) < 4.78 is 14.7. The molecule has 0 bridgehead atoms. The molecule has 0 saturated heterocycles. The summed E-state index contributed by atoms with van der Waals surface area (Å²) in [7, 11) is 0. The zero-order valence-electron chi connectivity index (χ0n) is 14.3. The van der Waals surface area contributed by atoms with Crippen LogP contribution in [0.25, 0.3) is 5.69 Å². The van der Waals surface area contributed by atoms with Crippen LogP contribution in [0.2, 0.25) is 0 Å². The van der Waals surface area contributed by atoms with Gasteiger partial charge in [-0.15, -0.1) is 5.10 Å². The third kappa shape index (κ3) is 4.32. The van der Waals surface area contributed by atoms with Crippen molar-refractivity contribution in [3.05, 3.63) is 41.8 Å². The van der Waals surface area contributed by atoms with Crippen LogP contribution in [0, 0.1) is 12.7 Å². The number of hydrogen-bond donors (Lipinski definition) is 2. The molecule has 24 heavy (non-hydrogen) atoms. The molecular formula is C17H23FN4O2. The smallest absolute Gasteiger partial charge is 0.323 e. The maximum Gasteiger partial charge on any atom is 0.323 e. The molecule has 0 radical (unpaired) electrons. The molecule has 2 aromatic rings. The lowest BCUT2D eigenvalue weighted by atomic mass is 10.3. The highest BCUT2D eigenvalue weighted by molar-refractivity contribution is 5.88. The molecule has 0 aliphatic rings. The van der Waals surface area contributed by atoms with Crippen LogP contribution in [-0.4, -0.2) is 44.5 Å². The van der Waals surface area contributed by atoms with E-state index in [2.05, 4.69) is 10.4 Å². The van der Waals surface area contributed by atoms with Gasteiger partial charge in [-0.2, -0.15) is 0 Å². The Morgan fingerprint density at radius 2 is 1.96 bits per heavy atom. The average Bonchev–Trinajstić information content (AvgIpc) is 2.85. The van der Waals surface area contributed by atoms with Crippen molar-refractivity contribution in [2.24, 2.45) is 0 Å². The van der Waals surface area contributed by atoms with Gasteiger partial charge in [0.05, 0.1) is 11.8 Å². The van der Waals surface area contributed by atoms with Crippen LogP contribution in [-0.2, 0) is 0 Å². The summed E-state index contributed by atoms with van der Waals surface area (Å²) in [6.45, 7) is 7.48. The molecule has 2 amide bonds. The number of carbonyl (C=O) groups is 1. The van der Waals surface area contributed by atoms with Gasteiger partial charge in [-0.1, -0.05) is 0 Å². The first-order valence-corrected chi connectivity index (χ1v) is 7.86. The van der Waals surface area contributed by atoms with Gasteiger partial charge in [-0.05, 0) is 52.0 Å². The summed E-state index contributed by atoms with van der Waals surface area (Å²) in [5.74, 6) is 0.0841. The molecule has 1 heterocycles. The molecule has 0 aliphatic heterocycles. The summed E-state index contributed by atoms with van der Waals surface area (Å²) in [6, 6.07) is 7.32. The van der Waals surface area contributed by atoms with Crippen molar-refractivity contribution in [3.63, 3.8) is 0 Å². The Balaban J connectivity index is 2.17. The van der Waals surface area contributed by atoms with Gasteiger partial charge in [-0.3, -0.25) is 5.32 Å². The molecule has 130 valence electrons. The van der Waals surface area contributed by atoms with Crippen LogP contribution < -0.4 is 5.32 Å². The number of nitrogens with zero attached hydrogens (tertiary/aromatic N) is 3. The Bertz CT molecular complexity index is 695. The zero-order valence-corrected chi connectivity index (χ0v) is 14.3. The molecule has 2 N–H and O–H groups in total. The molecule has 6 nitrogen and oxygen atoms in total. The van der Waals surface area contributed by atoms with Crippen molar-refractivity contribution in [2.45, 2.75) is 39.8 Å². The van der Waals surface area contributed by atoms with E-state index in [0.29, 0.717) is 11.5 Å². The minimum absolute atomic E-state index is 0.0557. The number of amides is 2. The predicted molar refractivity (Wildman–Crippen MR) is 90.8 cm³/mol. The van der Waals surface area contributed by atoms with Gasteiger partial charge in [0.25, 0.3) is 0 Å². The van der Waals surface area contributed by atoms with E-state index in [1.807, 2.05) is 20.8 Å². The topological polar surface area (TPSA) is 70.4 Å². The molecule has 0 spiro atoms. The highest BCUT2D eigenvalue weighted by atomic mass is 19.1. The largest absolute Gasteiger partial charge is 0.392 e. The van der Waals surface area contributed by atoms with Crippen LogP contribution in [0.4, 0.5) is 15.0 Å². The van der Waals surface area contributed by atoms with Gasteiger partial charge in [0.1, 0.15) is 5.82 Å². The third-order valence-electron chi connectivity index (χ3n) is 3.54. The summed E-state index contributed by atoms with van der Waals surface area (Å²) in [5, 5.41) is 16.6. The first-order valence-electron chi connectivity index (χ1n) is 7.86. The fourth-order valence-corrected chi connectivity index (χ4v) is 2.37. The van der Waals surface area contributed by atoms with E-state index in [1.165, 1.54) is 17.0 Å². The fraction of sp³-hybridized carbons (Fsp3) is 0.412. The zero-order chi connectivity index (χ0) is 17.9. The van der Waals surface area contributed by atoms with E-state index in [1.54, 1.807) is 29.8 Å². The van der Waals surface area contributed by atoms with E-state index in [4.69, 9.17) is 0 Å². The van der Waals surface area contributed by atoms with Gasteiger partial charge >= 0.3 is 6.03 Å².